The molecule has 1 N–H and O–H groups in total. The van der Waals surface area contributed by atoms with Crippen molar-refractivity contribution in [3.8, 4) is 0 Å². The second kappa shape index (κ2) is 8.84. The van der Waals surface area contributed by atoms with E-state index in [1.165, 1.54) is 11.3 Å². The number of nitrogens with zero attached hydrogens (tertiary/aromatic N) is 3. The molecule has 1 unspecified atom stereocenters. The normalized spacial score (nSPS) is 15.2. The van der Waals surface area contributed by atoms with Crippen LogP contribution < -0.4 is 10.2 Å². The predicted octanol–water partition coefficient (Wildman–Crippen LogP) is 4.35. The molecule has 3 aromatic rings. The van der Waals surface area contributed by atoms with Crippen molar-refractivity contribution in [2.24, 2.45) is 0 Å². The third-order valence-electron chi connectivity index (χ3n) is 5.19. The molecule has 0 radical (unpaired) electrons. The highest BCUT2D eigenvalue weighted by Gasteiger charge is 2.37. The van der Waals surface area contributed by atoms with Gasteiger partial charge in [0, 0.05) is 22.0 Å². The molecule has 8 heteroatoms. The Kier molecular flexibility index (Phi) is 6.01. The molecule has 0 bridgehead atoms. The summed E-state index contributed by atoms with van der Waals surface area (Å²) in [4.78, 5) is 29.4. The van der Waals surface area contributed by atoms with Crippen LogP contribution in [0.15, 0.2) is 47.2 Å². The van der Waals surface area contributed by atoms with Crippen LogP contribution in [0.2, 0.25) is 0 Å². The van der Waals surface area contributed by atoms with Crippen molar-refractivity contribution in [2.75, 3.05) is 4.90 Å². The van der Waals surface area contributed by atoms with Crippen LogP contribution in [0.3, 0.4) is 0 Å². The van der Waals surface area contributed by atoms with E-state index in [0.717, 1.165) is 47.7 Å². The first-order valence-electron chi connectivity index (χ1n) is 9.65. The monoisotopic (exact) mass is 426 g/mol. The van der Waals surface area contributed by atoms with E-state index >= 15 is 0 Å². The Morgan fingerprint density at radius 2 is 1.93 bits per heavy atom. The lowest BCUT2D eigenvalue weighted by atomic mass is 10.1. The van der Waals surface area contributed by atoms with Gasteiger partial charge in [-0.05, 0) is 60.4 Å². The van der Waals surface area contributed by atoms with Crippen molar-refractivity contribution in [3.63, 3.8) is 0 Å². The molecule has 0 aliphatic heterocycles. The number of anilines is 1. The lowest BCUT2D eigenvalue weighted by Crippen LogP contribution is -2.46. The van der Waals surface area contributed by atoms with E-state index in [4.69, 9.17) is 0 Å². The average Bonchev–Trinajstić information content (AvgIpc) is 3.50. The zero-order valence-electron chi connectivity index (χ0n) is 16.1. The van der Waals surface area contributed by atoms with Crippen LogP contribution in [0.4, 0.5) is 5.69 Å². The molecular weight excluding hydrogens is 404 g/mol. The number of benzene rings is 1. The summed E-state index contributed by atoms with van der Waals surface area (Å²) in [6.45, 7) is 1.97. The third kappa shape index (κ3) is 4.23. The minimum absolute atomic E-state index is 0.150. The Balaban J connectivity index is 1.78. The van der Waals surface area contributed by atoms with Crippen LogP contribution in [0.25, 0.3) is 0 Å². The van der Waals surface area contributed by atoms with Crippen LogP contribution in [0.1, 0.15) is 52.7 Å². The van der Waals surface area contributed by atoms with Gasteiger partial charge in [0.1, 0.15) is 0 Å². The Morgan fingerprint density at radius 1 is 1.17 bits per heavy atom. The molecule has 1 aliphatic carbocycles. The number of amides is 2. The van der Waals surface area contributed by atoms with Crippen LogP contribution >= 0.6 is 22.9 Å². The summed E-state index contributed by atoms with van der Waals surface area (Å²) in [6.07, 6.45) is 4.22. The molecule has 0 spiro atoms. The Bertz CT molecular complexity index is 966. The van der Waals surface area contributed by atoms with Gasteiger partial charge in [0.15, 0.2) is 11.7 Å². The number of aromatic nitrogens is 2. The van der Waals surface area contributed by atoms with Crippen molar-refractivity contribution in [3.05, 3.63) is 63.3 Å². The van der Waals surface area contributed by atoms with Crippen molar-refractivity contribution in [1.29, 1.82) is 0 Å². The molecule has 1 saturated carbocycles. The second-order valence-electron chi connectivity index (χ2n) is 7.16. The summed E-state index contributed by atoms with van der Waals surface area (Å²) >= 11 is 2.61. The van der Waals surface area contributed by atoms with Gasteiger partial charge in [0.2, 0.25) is 5.91 Å². The van der Waals surface area contributed by atoms with Crippen molar-refractivity contribution < 1.29 is 9.59 Å². The van der Waals surface area contributed by atoms with Gasteiger partial charge in [-0.3, -0.25) is 14.5 Å². The van der Waals surface area contributed by atoms with Gasteiger partial charge in [0.25, 0.3) is 5.91 Å². The fourth-order valence-corrected chi connectivity index (χ4v) is 5.17. The summed E-state index contributed by atoms with van der Waals surface area (Å²) in [5.74, 6) is -0.479. The quantitative estimate of drug-likeness (QED) is 0.636. The topological polar surface area (TPSA) is 75.2 Å². The SMILES string of the molecule is Cc1ccsc1C(C(=O)NC1CCCC1)N(C(=O)c1csnn1)c1ccccc1. The molecule has 29 heavy (non-hydrogen) atoms. The highest BCUT2D eigenvalue weighted by atomic mass is 32.1. The van der Waals surface area contributed by atoms with E-state index in [2.05, 4.69) is 14.9 Å². The van der Waals surface area contributed by atoms with Crippen molar-refractivity contribution in [2.45, 2.75) is 44.7 Å². The number of thiophene rings is 1. The van der Waals surface area contributed by atoms with Crippen LogP contribution in [-0.4, -0.2) is 27.4 Å². The molecule has 0 saturated heterocycles. The predicted molar refractivity (Wildman–Crippen MR) is 115 cm³/mol. The number of aryl methyl sites for hydroxylation is 1. The van der Waals surface area contributed by atoms with Gasteiger partial charge in [-0.15, -0.1) is 16.4 Å². The number of carbonyl (C=O) groups is 2. The maximum absolute atomic E-state index is 13.5. The maximum atomic E-state index is 13.5. The fraction of sp³-hybridized carbons (Fsp3) is 0.333. The zero-order valence-corrected chi connectivity index (χ0v) is 17.7. The average molecular weight is 427 g/mol. The van der Waals surface area contributed by atoms with Crippen LogP contribution in [0.5, 0.6) is 0 Å². The molecular formula is C21H22N4O2S2. The zero-order chi connectivity index (χ0) is 20.2. The minimum atomic E-state index is -0.757. The lowest BCUT2D eigenvalue weighted by molar-refractivity contribution is -0.123. The van der Waals surface area contributed by atoms with Crippen LogP contribution in [-0.2, 0) is 4.79 Å². The number of para-hydroxylation sites is 1. The van der Waals surface area contributed by atoms with Gasteiger partial charge in [-0.25, -0.2) is 0 Å². The first-order valence-corrected chi connectivity index (χ1v) is 11.4. The van der Waals surface area contributed by atoms with E-state index < -0.39 is 6.04 Å². The maximum Gasteiger partial charge on any atom is 0.280 e. The lowest BCUT2D eigenvalue weighted by Gasteiger charge is -2.31. The standard InChI is InChI=1S/C21H22N4O2S2/c1-14-11-12-28-19(14)18(20(26)22-15-7-5-6-8-15)25(16-9-3-2-4-10-16)21(27)17-13-29-24-23-17/h2-4,9-13,15,18H,5-8H2,1H3,(H,22,26). The summed E-state index contributed by atoms with van der Waals surface area (Å²) in [5.41, 5.74) is 1.89. The highest BCUT2D eigenvalue weighted by Crippen LogP contribution is 2.34. The van der Waals surface area contributed by atoms with Gasteiger partial charge in [-0.2, -0.15) is 0 Å². The number of hydrogen-bond donors (Lipinski definition) is 1. The van der Waals surface area contributed by atoms with Gasteiger partial charge in [0.05, 0.1) is 0 Å². The van der Waals surface area contributed by atoms with E-state index in [0.29, 0.717) is 5.69 Å². The van der Waals surface area contributed by atoms with Crippen molar-refractivity contribution >= 4 is 40.4 Å². The van der Waals surface area contributed by atoms with Crippen LogP contribution in [0, 0.1) is 6.92 Å². The summed E-state index contributed by atoms with van der Waals surface area (Å²) in [5, 5.41) is 10.7. The third-order valence-corrected chi connectivity index (χ3v) is 6.77. The van der Waals surface area contributed by atoms with E-state index in [1.807, 2.05) is 48.7 Å². The van der Waals surface area contributed by atoms with Crippen molar-refractivity contribution in [1.82, 2.24) is 14.9 Å². The fourth-order valence-electron chi connectivity index (χ4n) is 3.72. The number of carbonyl (C=O) groups excluding carboxylic acids is 2. The molecule has 6 nitrogen and oxygen atoms in total. The summed E-state index contributed by atoms with van der Waals surface area (Å²) in [7, 11) is 0. The molecule has 1 fully saturated rings. The molecule has 1 aromatic carbocycles. The Labute approximate surface area is 177 Å². The minimum Gasteiger partial charge on any atom is -0.351 e. The Hall–Kier alpha value is -2.58. The van der Waals surface area contributed by atoms with Gasteiger partial charge >= 0.3 is 0 Å². The first kappa shape index (κ1) is 19.7. The number of nitrogens with one attached hydrogen (secondary N) is 1. The van der Waals surface area contributed by atoms with Gasteiger partial charge in [-0.1, -0.05) is 35.5 Å². The highest BCUT2D eigenvalue weighted by molar-refractivity contribution is 7.10. The molecule has 2 amide bonds. The first-order chi connectivity index (χ1) is 14.1. The summed E-state index contributed by atoms with van der Waals surface area (Å²) in [6, 6.07) is 10.7. The summed E-state index contributed by atoms with van der Waals surface area (Å²) < 4.78 is 3.83. The smallest absolute Gasteiger partial charge is 0.280 e. The molecule has 150 valence electrons. The molecule has 1 atom stereocenters. The number of rotatable bonds is 6. The molecule has 1 aliphatic rings. The van der Waals surface area contributed by atoms with E-state index in [1.54, 1.807) is 10.3 Å². The van der Waals surface area contributed by atoms with Gasteiger partial charge < -0.3 is 5.32 Å². The molecule has 2 heterocycles. The van der Waals surface area contributed by atoms with E-state index in [9.17, 15) is 9.59 Å². The number of hydrogen-bond acceptors (Lipinski definition) is 6. The Morgan fingerprint density at radius 3 is 2.55 bits per heavy atom. The second-order valence-corrected chi connectivity index (χ2v) is 8.72. The largest absolute Gasteiger partial charge is 0.351 e. The molecule has 4 rings (SSSR count). The molecule has 2 aromatic heterocycles. The van der Waals surface area contributed by atoms with E-state index in [-0.39, 0.29) is 23.6 Å².